The normalized spacial score (nSPS) is 21.7. The van der Waals surface area contributed by atoms with Crippen molar-refractivity contribution < 1.29 is 19.3 Å². The van der Waals surface area contributed by atoms with Gasteiger partial charge in [0, 0.05) is 19.7 Å². The molecule has 1 fully saturated rings. The third-order valence-corrected chi connectivity index (χ3v) is 2.75. The summed E-state index contributed by atoms with van der Waals surface area (Å²) in [5.74, 6) is 0. The number of aliphatic hydroxyl groups excluding tert-OH is 1. The SMILES string of the molecule is CC(C)OCCNCC(O)COCC1CCCO1. The Morgan fingerprint density at radius 3 is 2.94 bits per heavy atom. The summed E-state index contributed by atoms with van der Waals surface area (Å²) in [5, 5.41) is 12.8. The van der Waals surface area contributed by atoms with Crippen molar-refractivity contribution in [3.63, 3.8) is 0 Å². The number of hydrogen-bond acceptors (Lipinski definition) is 5. The van der Waals surface area contributed by atoms with E-state index in [4.69, 9.17) is 14.2 Å². The second kappa shape index (κ2) is 9.69. The quantitative estimate of drug-likeness (QED) is 0.563. The largest absolute Gasteiger partial charge is 0.389 e. The van der Waals surface area contributed by atoms with E-state index in [-0.39, 0.29) is 12.2 Å². The number of nitrogens with one attached hydrogen (secondary N) is 1. The van der Waals surface area contributed by atoms with Crippen molar-refractivity contribution in [1.29, 1.82) is 0 Å². The van der Waals surface area contributed by atoms with Crippen LogP contribution in [-0.4, -0.2) is 62.9 Å². The van der Waals surface area contributed by atoms with E-state index in [9.17, 15) is 5.11 Å². The maximum atomic E-state index is 9.66. The molecular weight excluding hydrogens is 234 g/mol. The van der Waals surface area contributed by atoms with E-state index in [1.165, 1.54) is 0 Å². The molecule has 1 aliphatic heterocycles. The Labute approximate surface area is 110 Å². The van der Waals surface area contributed by atoms with Crippen LogP contribution in [0.4, 0.5) is 0 Å². The predicted molar refractivity (Wildman–Crippen MR) is 69.8 cm³/mol. The molecule has 0 bridgehead atoms. The number of rotatable bonds is 10. The molecule has 2 unspecified atom stereocenters. The van der Waals surface area contributed by atoms with Crippen LogP contribution in [0.15, 0.2) is 0 Å². The van der Waals surface area contributed by atoms with Gasteiger partial charge in [-0.2, -0.15) is 0 Å². The summed E-state index contributed by atoms with van der Waals surface area (Å²) in [4.78, 5) is 0. The Morgan fingerprint density at radius 1 is 1.44 bits per heavy atom. The zero-order valence-electron chi connectivity index (χ0n) is 11.6. The van der Waals surface area contributed by atoms with Crippen molar-refractivity contribution in [1.82, 2.24) is 5.32 Å². The van der Waals surface area contributed by atoms with Gasteiger partial charge < -0.3 is 24.6 Å². The first-order valence-corrected chi connectivity index (χ1v) is 6.88. The van der Waals surface area contributed by atoms with Gasteiger partial charge in [0.2, 0.25) is 0 Å². The average molecular weight is 261 g/mol. The van der Waals surface area contributed by atoms with Gasteiger partial charge in [-0.1, -0.05) is 0 Å². The predicted octanol–water partition coefficient (Wildman–Crippen LogP) is 0.558. The van der Waals surface area contributed by atoms with Crippen molar-refractivity contribution in [2.45, 2.75) is 45.0 Å². The summed E-state index contributed by atoms with van der Waals surface area (Å²) in [6.45, 7) is 7.76. The molecule has 1 saturated heterocycles. The van der Waals surface area contributed by atoms with Crippen LogP contribution in [0.3, 0.4) is 0 Å². The summed E-state index contributed by atoms with van der Waals surface area (Å²) < 4.78 is 16.2. The van der Waals surface area contributed by atoms with E-state index in [1.54, 1.807) is 0 Å². The van der Waals surface area contributed by atoms with Gasteiger partial charge in [-0.3, -0.25) is 0 Å². The van der Waals surface area contributed by atoms with Crippen molar-refractivity contribution >= 4 is 0 Å². The van der Waals surface area contributed by atoms with Gasteiger partial charge >= 0.3 is 0 Å². The van der Waals surface area contributed by atoms with Crippen molar-refractivity contribution in [2.24, 2.45) is 0 Å². The van der Waals surface area contributed by atoms with Crippen molar-refractivity contribution in [2.75, 3.05) is 39.5 Å². The Bertz CT molecular complexity index is 195. The molecule has 1 rings (SSSR count). The number of ether oxygens (including phenoxy) is 3. The molecule has 0 amide bonds. The molecule has 0 aromatic carbocycles. The van der Waals surface area contributed by atoms with Crippen LogP contribution >= 0.6 is 0 Å². The Hall–Kier alpha value is -0.200. The fraction of sp³-hybridized carbons (Fsp3) is 1.00. The minimum absolute atomic E-state index is 0.226. The molecule has 0 saturated carbocycles. The molecule has 2 N–H and O–H groups in total. The summed E-state index contributed by atoms with van der Waals surface area (Å²) in [6, 6.07) is 0. The van der Waals surface area contributed by atoms with Crippen LogP contribution in [0.25, 0.3) is 0 Å². The lowest BCUT2D eigenvalue weighted by Gasteiger charge is -2.15. The minimum atomic E-state index is -0.467. The van der Waals surface area contributed by atoms with Gasteiger partial charge in [0.1, 0.15) is 0 Å². The highest BCUT2D eigenvalue weighted by Gasteiger charge is 2.15. The molecule has 2 atom stereocenters. The lowest BCUT2D eigenvalue weighted by molar-refractivity contribution is -0.0169. The Morgan fingerprint density at radius 2 is 2.28 bits per heavy atom. The second-order valence-corrected chi connectivity index (χ2v) is 4.95. The first-order chi connectivity index (χ1) is 8.68. The lowest BCUT2D eigenvalue weighted by atomic mass is 10.2. The highest BCUT2D eigenvalue weighted by Crippen LogP contribution is 2.11. The molecule has 1 heterocycles. The number of aliphatic hydroxyl groups is 1. The third-order valence-electron chi connectivity index (χ3n) is 2.75. The van der Waals surface area contributed by atoms with E-state index < -0.39 is 6.10 Å². The minimum Gasteiger partial charge on any atom is -0.389 e. The van der Waals surface area contributed by atoms with Gasteiger partial charge in [0.25, 0.3) is 0 Å². The van der Waals surface area contributed by atoms with Gasteiger partial charge in [0.15, 0.2) is 0 Å². The fourth-order valence-corrected chi connectivity index (χ4v) is 1.81. The van der Waals surface area contributed by atoms with Crippen LogP contribution in [0.2, 0.25) is 0 Å². The van der Waals surface area contributed by atoms with Crippen molar-refractivity contribution in [3.8, 4) is 0 Å². The van der Waals surface area contributed by atoms with Crippen LogP contribution < -0.4 is 5.32 Å². The molecule has 0 aliphatic carbocycles. The monoisotopic (exact) mass is 261 g/mol. The second-order valence-electron chi connectivity index (χ2n) is 4.95. The van der Waals surface area contributed by atoms with E-state index in [0.717, 1.165) is 26.0 Å². The molecule has 1 aliphatic rings. The maximum absolute atomic E-state index is 9.66. The highest BCUT2D eigenvalue weighted by atomic mass is 16.5. The van der Waals surface area contributed by atoms with Crippen LogP contribution in [-0.2, 0) is 14.2 Å². The topological polar surface area (TPSA) is 60.0 Å². The highest BCUT2D eigenvalue weighted by molar-refractivity contribution is 4.64. The van der Waals surface area contributed by atoms with Crippen LogP contribution in [0, 0.1) is 0 Å². The molecule has 108 valence electrons. The van der Waals surface area contributed by atoms with E-state index >= 15 is 0 Å². The first-order valence-electron chi connectivity index (χ1n) is 6.88. The Kier molecular flexibility index (Phi) is 8.54. The number of hydrogen-bond donors (Lipinski definition) is 2. The average Bonchev–Trinajstić information content (AvgIpc) is 2.81. The Balaban J connectivity index is 1.85. The molecule has 5 heteroatoms. The van der Waals surface area contributed by atoms with Gasteiger partial charge in [-0.25, -0.2) is 0 Å². The molecule has 0 spiro atoms. The lowest BCUT2D eigenvalue weighted by Crippen LogP contribution is -2.33. The van der Waals surface area contributed by atoms with E-state index in [2.05, 4.69) is 5.32 Å². The molecular formula is C13H27NO4. The van der Waals surface area contributed by atoms with Gasteiger partial charge in [-0.05, 0) is 26.7 Å². The summed E-state index contributed by atoms with van der Waals surface area (Å²) >= 11 is 0. The fourth-order valence-electron chi connectivity index (χ4n) is 1.81. The zero-order valence-corrected chi connectivity index (χ0v) is 11.6. The van der Waals surface area contributed by atoms with Gasteiger partial charge in [-0.15, -0.1) is 0 Å². The maximum Gasteiger partial charge on any atom is 0.0897 e. The standard InChI is InChI=1S/C13H27NO4/c1-11(2)17-7-5-14-8-12(15)9-16-10-13-4-3-6-18-13/h11-15H,3-10H2,1-2H3. The molecule has 0 aromatic rings. The third kappa shape index (κ3) is 8.00. The summed E-state index contributed by atoms with van der Waals surface area (Å²) in [7, 11) is 0. The van der Waals surface area contributed by atoms with E-state index in [0.29, 0.717) is 26.4 Å². The van der Waals surface area contributed by atoms with Gasteiger partial charge in [0.05, 0.1) is 38.1 Å². The molecule has 0 radical (unpaired) electrons. The summed E-state index contributed by atoms with van der Waals surface area (Å²) in [6.07, 6.45) is 2.20. The zero-order chi connectivity index (χ0) is 13.2. The van der Waals surface area contributed by atoms with Crippen molar-refractivity contribution in [3.05, 3.63) is 0 Å². The molecule has 18 heavy (non-hydrogen) atoms. The summed E-state index contributed by atoms with van der Waals surface area (Å²) in [5.41, 5.74) is 0. The molecule has 5 nitrogen and oxygen atoms in total. The molecule has 0 aromatic heterocycles. The van der Waals surface area contributed by atoms with E-state index in [1.807, 2.05) is 13.8 Å². The smallest absolute Gasteiger partial charge is 0.0897 e. The van der Waals surface area contributed by atoms with Crippen LogP contribution in [0.1, 0.15) is 26.7 Å². The van der Waals surface area contributed by atoms with Crippen LogP contribution in [0.5, 0.6) is 0 Å². The first kappa shape index (κ1) is 15.9.